The summed E-state index contributed by atoms with van der Waals surface area (Å²) in [5.74, 6) is 0. The van der Waals surface area contributed by atoms with E-state index in [1.54, 1.807) is 11.3 Å². The second kappa shape index (κ2) is 4.53. The van der Waals surface area contributed by atoms with Crippen molar-refractivity contribution in [2.75, 3.05) is 7.05 Å². The van der Waals surface area contributed by atoms with Gasteiger partial charge >= 0.3 is 0 Å². The van der Waals surface area contributed by atoms with E-state index in [1.165, 1.54) is 10.5 Å². The molecule has 1 atom stereocenters. The summed E-state index contributed by atoms with van der Waals surface area (Å²) in [5.41, 5.74) is 1.34. The number of likely N-dealkylation sites (N-methyl/N-ethyl adjacent to an activating group) is 1. The molecule has 0 radical (unpaired) electrons. The Bertz CT molecular complexity index is 302. The van der Waals surface area contributed by atoms with Crippen LogP contribution < -0.4 is 5.32 Å². The van der Waals surface area contributed by atoms with Crippen LogP contribution in [0.25, 0.3) is 6.08 Å². The highest BCUT2D eigenvalue weighted by molar-refractivity contribution is 7.12. The van der Waals surface area contributed by atoms with E-state index < -0.39 is 0 Å². The molecule has 0 bridgehead atoms. The predicted molar refractivity (Wildman–Crippen MR) is 59.0 cm³/mol. The van der Waals surface area contributed by atoms with Crippen LogP contribution in [0, 0.1) is 6.92 Å². The average molecular weight is 196 g/mol. The molecule has 3 heteroatoms. The van der Waals surface area contributed by atoms with Crippen LogP contribution in [0.5, 0.6) is 0 Å². The van der Waals surface area contributed by atoms with Crippen molar-refractivity contribution in [2.45, 2.75) is 26.8 Å². The molecule has 0 amide bonds. The number of hydrogen-bond donors (Lipinski definition) is 1. The van der Waals surface area contributed by atoms with Crippen molar-refractivity contribution in [1.82, 2.24) is 10.3 Å². The van der Waals surface area contributed by atoms with Crippen molar-refractivity contribution >= 4 is 17.4 Å². The number of nitrogens with zero attached hydrogens (tertiary/aromatic N) is 1. The van der Waals surface area contributed by atoms with Gasteiger partial charge in [0, 0.05) is 17.1 Å². The zero-order valence-electron chi connectivity index (χ0n) is 8.59. The summed E-state index contributed by atoms with van der Waals surface area (Å²) < 4.78 is 0. The quantitative estimate of drug-likeness (QED) is 0.803. The number of nitrogens with one attached hydrogen (secondary N) is 1. The number of thiazole rings is 1. The zero-order valence-corrected chi connectivity index (χ0v) is 9.40. The highest BCUT2D eigenvalue weighted by atomic mass is 32.1. The first-order chi connectivity index (χ1) is 6.13. The standard InChI is InChI=1S/C10H16N2S/c1-7(8(2)11-4)5-10-6-12-9(3)13-10/h5-6,8,11H,1-4H3. The third-order valence-corrected chi connectivity index (χ3v) is 2.98. The molecule has 1 rings (SSSR count). The molecule has 0 aliphatic heterocycles. The zero-order chi connectivity index (χ0) is 9.84. The van der Waals surface area contributed by atoms with Crippen LogP contribution in [-0.2, 0) is 0 Å². The summed E-state index contributed by atoms with van der Waals surface area (Å²) in [7, 11) is 1.97. The van der Waals surface area contributed by atoms with Crippen molar-refractivity contribution < 1.29 is 0 Å². The molecule has 0 saturated heterocycles. The van der Waals surface area contributed by atoms with Crippen LogP contribution in [-0.4, -0.2) is 18.1 Å². The number of aryl methyl sites for hydroxylation is 1. The molecule has 1 heterocycles. The summed E-state index contributed by atoms with van der Waals surface area (Å²) >= 11 is 1.73. The highest BCUT2D eigenvalue weighted by Crippen LogP contribution is 2.16. The van der Waals surface area contributed by atoms with E-state index in [9.17, 15) is 0 Å². The van der Waals surface area contributed by atoms with Gasteiger partial charge in [0.1, 0.15) is 0 Å². The molecular weight excluding hydrogens is 180 g/mol. The first kappa shape index (κ1) is 10.4. The van der Waals surface area contributed by atoms with Gasteiger partial charge in [-0.25, -0.2) is 4.98 Å². The Labute approximate surface area is 83.7 Å². The molecule has 0 saturated carbocycles. The largest absolute Gasteiger partial charge is 0.314 e. The lowest BCUT2D eigenvalue weighted by Crippen LogP contribution is -2.21. The fourth-order valence-corrected chi connectivity index (χ4v) is 1.82. The van der Waals surface area contributed by atoms with Crippen LogP contribution in [0.1, 0.15) is 23.7 Å². The van der Waals surface area contributed by atoms with Crippen LogP contribution in [0.2, 0.25) is 0 Å². The molecule has 1 aromatic heterocycles. The van der Waals surface area contributed by atoms with E-state index in [0.29, 0.717) is 6.04 Å². The topological polar surface area (TPSA) is 24.9 Å². The minimum atomic E-state index is 0.433. The Morgan fingerprint density at radius 2 is 2.38 bits per heavy atom. The second-order valence-corrected chi connectivity index (χ2v) is 4.45. The van der Waals surface area contributed by atoms with Gasteiger partial charge in [-0.3, -0.25) is 0 Å². The summed E-state index contributed by atoms with van der Waals surface area (Å²) in [4.78, 5) is 5.44. The van der Waals surface area contributed by atoms with Gasteiger partial charge in [0.05, 0.1) is 5.01 Å². The van der Waals surface area contributed by atoms with Gasteiger partial charge in [-0.1, -0.05) is 5.57 Å². The van der Waals surface area contributed by atoms with E-state index in [1.807, 2.05) is 20.2 Å². The Balaban J connectivity index is 2.76. The lowest BCUT2D eigenvalue weighted by Gasteiger charge is -2.09. The van der Waals surface area contributed by atoms with Crippen LogP contribution in [0.15, 0.2) is 11.8 Å². The summed E-state index contributed by atoms with van der Waals surface area (Å²) in [6.45, 7) is 6.31. The Morgan fingerprint density at radius 1 is 1.69 bits per heavy atom. The molecule has 13 heavy (non-hydrogen) atoms. The minimum Gasteiger partial charge on any atom is -0.314 e. The lowest BCUT2D eigenvalue weighted by molar-refractivity contribution is 0.696. The van der Waals surface area contributed by atoms with E-state index >= 15 is 0 Å². The van der Waals surface area contributed by atoms with Crippen molar-refractivity contribution in [3.05, 3.63) is 21.7 Å². The fourth-order valence-electron chi connectivity index (χ4n) is 1.02. The minimum absolute atomic E-state index is 0.433. The van der Waals surface area contributed by atoms with Gasteiger partial charge in [0.2, 0.25) is 0 Å². The van der Waals surface area contributed by atoms with Gasteiger partial charge in [-0.2, -0.15) is 0 Å². The van der Waals surface area contributed by atoms with Gasteiger partial charge in [0.15, 0.2) is 0 Å². The fraction of sp³-hybridized carbons (Fsp3) is 0.500. The van der Waals surface area contributed by atoms with E-state index in [2.05, 4.69) is 30.2 Å². The van der Waals surface area contributed by atoms with Gasteiger partial charge in [0.25, 0.3) is 0 Å². The molecule has 1 aromatic rings. The first-order valence-electron chi connectivity index (χ1n) is 4.41. The highest BCUT2D eigenvalue weighted by Gasteiger charge is 2.01. The molecule has 72 valence electrons. The van der Waals surface area contributed by atoms with Crippen molar-refractivity contribution in [1.29, 1.82) is 0 Å². The average Bonchev–Trinajstić information content (AvgIpc) is 2.49. The SMILES string of the molecule is CNC(C)C(C)=Cc1cnc(C)s1. The lowest BCUT2D eigenvalue weighted by atomic mass is 10.1. The van der Waals surface area contributed by atoms with Crippen LogP contribution >= 0.6 is 11.3 Å². The molecule has 0 fully saturated rings. The first-order valence-corrected chi connectivity index (χ1v) is 5.23. The molecule has 1 unspecified atom stereocenters. The molecule has 0 aliphatic carbocycles. The maximum Gasteiger partial charge on any atom is 0.0900 e. The Hall–Kier alpha value is -0.670. The summed E-state index contributed by atoms with van der Waals surface area (Å²) in [5, 5.41) is 4.33. The van der Waals surface area contributed by atoms with E-state index in [-0.39, 0.29) is 0 Å². The Morgan fingerprint density at radius 3 is 2.85 bits per heavy atom. The predicted octanol–water partition coefficient (Wildman–Crippen LogP) is 2.46. The normalized spacial score (nSPS) is 14.6. The van der Waals surface area contributed by atoms with Crippen molar-refractivity contribution in [3.63, 3.8) is 0 Å². The maximum atomic E-state index is 4.21. The van der Waals surface area contributed by atoms with Gasteiger partial charge < -0.3 is 5.32 Å². The monoisotopic (exact) mass is 196 g/mol. The third kappa shape index (κ3) is 2.94. The maximum absolute atomic E-state index is 4.21. The van der Waals surface area contributed by atoms with E-state index in [4.69, 9.17) is 0 Å². The van der Waals surface area contributed by atoms with Gasteiger partial charge in [-0.15, -0.1) is 11.3 Å². The number of rotatable bonds is 3. The number of aromatic nitrogens is 1. The van der Waals surface area contributed by atoms with Crippen LogP contribution in [0.3, 0.4) is 0 Å². The smallest absolute Gasteiger partial charge is 0.0900 e. The van der Waals surface area contributed by atoms with Crippen molar-refractivity contribution in [2.24, 2.45) is 0 Å². The molecule has 0 aliphatic rings. The van der Waals surface area contributed by atoms with Crippen LogP contribution in [0.4, 0.5) is 0 Å². The molecular formula is C10H16N2S. The molecule has 0 aromatic carbocycles. The molecule has 0 spiro atoms. The van der Waals surface area contributed by atoms with E-state index in [0.717, 1.165) is 5.01 Å². The molecule has 1 N–H and O–H groups in total. The van der Waals surface area contributed by atoms with Gasteiger partial charge in [-0.05, 0) is 33.9 Å². The Kier molecular flexibility index (Phi) is 3.63. The second-order valence-electron chi connectivity index (χ2n) is 3.18. The molecule has 2 nitrogen and oxygen atoms in total. The van der Waals surface area contributed by atoms with Crippen molar-refractivity contribution in [3.8, 4) is 0 Å². The summed E-state index contributed by atoms with van der Waals surface area (Å²) in [6, 6.07) is 0.433. The third-order valence-electron chi connectivity index (χ3n) is 2.13. The summed E-state index contributed by atoms with van der Waals surface area (Å²) in [6.07, 6.45) is 4.11. The number of hydrogen-bond acceptors (Lipinski definition) is 3.